The van der Waals surface area contributed by atoms with E-state index in [1.807, 2.05) is 6.07 Å². The number of thioether (sulfide) groups is 1. The summed E-state index contributed by atoms with van der Waals surface area (Å²) in [6.07, 6.45) is 3.77. The van der Waals surface area contributed by atoms with Crippen LogP contribution >= 0.6 is 11.8 Å². The molecule has 0 heterocycles. The van der Waals surface area contributed by atoms with Crippen molar-refractivity contribution in [3.05, 3.63) is 45.5 Å². The maximum Gasteiger partial charge on any atom is 0.317 e. The Morgan fingerprint density at radius 3 is 2.74 bits per heavy atom. The van der Waals surface area contributed by atoms with Crippen LogP contribution in [0, 0.1) is 6.92 Å². The predicted molar refractivity (Wildman–Crippen MR) is 96.1 cm³/mol. The quantitative estimate of drug-likeness (QED) is 0.773. The molecule has 124 valence electrons. The number of aryl methyl sites for hydroxylation is 1. The number of amides is 2. The normalized spacial score (nSPS) is 14.5. The van der Waals surface area contributed by atoms with Crippen molar-refractivity contribution in [3.8, 4) is 5.75 Å². The molecule has 1 aliphatic carbocycles. The zero-order valence-electron chi connectivity index (χ0n) is 13.7. The van der Waals surface area contributed by atoms with E-state index in [1.54, 1.807) is 13.2 Å². The van der Waals surface area contributed by atoms with Crippen molar-refractivity contribution in [2.24, 2.45) is 11.5 Å². The Kier molecular flexibility index (Phi) is 5.74. The zero-order valence-corrected chi connectivity index (χ0v) is 14.5. The van der Waals surface area contributed by atoms with Crippen LogP contribution < -0.4 is 21.5 Å². The molecule has 5 nitrogen and oxygen atoms in total. The Hall–Kier alpha value is -1.92. The molecule has 5 N–H and O–H groups in total. The van der Waals surface area contributed by atoms with E-state index < -0.39 is 6.03 Å². The van der Waals surface area contributed by atoms with Crippen molar-refractivity contribution >= 4 is 22.7 Å². The van der Waals surface area contributed by atoms with Crippen molar-refractivity contribution in [1.29, 1.82) is 0 Å². The smallest absolute Gasteiger partial charge is 0.317 e. The van der Waals surface area contributed by atoms with Gasteiger partial charge >= 0.3 is 6.03 Å². The molecule has 2 rings (SSSR count). The molecule has 0 atom stereocenters. The monoisotopic (exact) mass is 333 g/mol. The number of allylic oxidation sites excluding steroid dienone is 1. The summed E-state index contributed by atoms with van der Waals surface area (Å²) in [6.45, 7) is 4.51. The number of carbonyl (C=O) groups excluding carboxylic acids is 1. The van der Waals surface area contributed by atoms with Crippen LogP contribution in [0.3, 0.4) is 0 Å². The third kappa shape index (κ3) is 3.89. The molecule has 0 saturated heterocycles. The van der Waals surface area contributed by atoms with E-state index in [0.717, 1.165) is 29.1 Å². The van der Waals surface area contributed by atoms with E-state index in [0.29, 0.717) is 11.6 Å². The van der Waals surface area contributed by atoms with E-state index in [2.05, 4.69) is 25.2 Å². The second-order valence-corrected chi connectivity index (χ2v) is 6.48. The summed E-state index contributed by atoms with van der Waals surface area (Å²) in [7, 11) is 1.68. The molecular formula is C17H23N3O2S. The molecule has 0 aliphatic heterocycles. The highest BCUT2D eigenvalue weighted by Crippen LogP contribution is 2.44. The Bertz CT molecular complexity index is 681. The number of carbonyl (C=O) groups is 1. The van der Waals surface area contributed by atoms with Crippen LogP contribution in [0.25, 0.3) is 4.91 Å². The van der Waals surface area contributed by atoms with E-state index in [1.165, 1.54) is 28.5 Å². The number of ether oxygens (including phenoxy) is 1. The molecular weight excluding hydrogens is 310 g/mol. The number of fused-ring (bicyclic) bond motifs is 1. The van der Waals surface area contributed by atoms with Crippen LogP contribution in [0.5, 0.6) is 5.75 Å². The number of nitrogens with one attached hydrogen (secondary N) is 1. The second-order valence-electron chi connectivity index (χ2n) is 5.43. The lowest BCUT2D eigenvalue weighted by Gasteiger charge is -2.25. The fourth-order valence-corrected chi connectivity index (χ4v) is 3.95. The maximum atomic E-state index is 11.2. The molecule has 0 fully saturated rings. The molecule has 0 unspecified atom stereocenters. The minimum Gasteiger partial charge on any atom is -0.496 e. The Morgan fingerprint density at radius 1 is 1.39 bits per heavy atom. The van der Waals surface area contributed by atoms with Gasteiger partial charge in [0.2, 0.25) is 0 Å². The van der Waals surface area contributed by atoms with E-state index in [-0.39, 0.29) is 0 Å². The van der Waals surface area contributed by atoms with Gasteiger partial charge in [0.15, 0.2) is 0 Å². The van der Waals surface area contributed by atoms with Gasteiger partial charge in [-0.15, -0.1) is 0 Å². The van der Waals surface area contributed by atoms with Crippen LogP contribution in [-0.2, 0) is 6.42 Å². The average Bonchev–Trinajstić information content (AvgIpc) is 2.50. The molecule has 0 spiro atoms. The SMILES string of the molecule is COc1ccc2c(c1C)C(S/C(=C/CN)NC(N)=O)=C(C)CC2. The van der Waals surface area contributed by atoms with Gasteiger partial charge in [0.05, 0.1) is 12.1 Å². The number of primary amides is 1. The first-order valence-electron chi connectivity index (χ1n) is 7.49. The van der Waals surface area contributed by atoms with Crippen LogP contribution in [0.2, 0.25) is 0 Å². The highest BCUT2D eigenvalue weighted by molar-refractivity contribution is 8.11. The number of methoxy groups -OCH3 is 1. The maximum absolute atomic E-state index is 11.2. The Balaban J connectivity index is 2.46. The van der Waals surface area contributed by atoms with Gasteiger partial charge in [-0.3, -0.25) is 0 Å². The summed E-state index contributed by atoms with van der Waals surface area (Å²) in [6, 6.07) is 3.53. The summed E-state index contributed by atoms with van der Waals surface area (Å²) < 4.78 is 5.46. The van der Waals surface area contributed by atoms with Gasteiger partial charge in [0, 0.05) is 11.4 Å². The van der Waals surface area contributed by atoms with Gasteiger partial charge in [0.25, 0.3) is 0 Å². The van der Waals surface area contributed by atoms with Crippen LogP contribution in [0.15, 0.2) is 28.8 Å². The standard InChI is InChI=1S/C17H23N3O2S/c1-10-4-5-12-6-7-13(22-3)11(2)15(12)16(10)23-14(8-9-18)20-17(19)21/h6-8H,4-5,9,18H2,1-3H3,(H3,19,20,21)/b14-8+. The lowest BCUT2D eigenvalue weighted by molar-refractivity contribution is 0.252. The largest absolute Gasteiger partial charge is 0.496 e. The topological polar surface area (TPSA) is 90.4 Å². The highest BCUT2D eigenvalue weighted by atomic mass is 32.2. The molecule has 0 bridgehead atoms. The molecule has 1 aromatic rings. The van der Waals surface area contributed by atoms with Crippen LogP contribution in [-0.4, -0.2) is 19.7 Å². The van der Waals surface area contributed by atoms with Crippen molar-refractivity contribution < 1.29 is 9.53 Å². The van der Waals surface area contributed by atoms with Crippen LogP contribution in [0.1, 0.15) is 30.0 Å². The van der Waals surface area contributed by atoms with Gasteiger partial charge in [-0.1, -0.05) is 23.4 Å². The van der Waals surface area contributed by atoms with Gasteiger partial charge in [-0.25, -0.2) is 4.79 Å². The first-order chi connectivity index (χ1) is 11.0. The molecule has 1 aliphatic rings. The second kappa shape index (κ2) is 7.57. The number of hydrogen-bond donors (Lipinski definition) is 3. The molecule has 23 heavy (non-hydrogen) atoms. The molecule has 0 aromatic heterocycles. The van der Waals surface area contributed by atoms with Crippen molar-refractivity contribution in [3.63, 3.8) is 0 Å². The van der Waals surface area contributed by atoms with Crippen molar-refractivity contribution in [1.82, 2.24) is 5.32 Å². The summed E-state index contributed by atoms with van der Waals surface area (Å²) in [5.41, 5.74) is 15.7. The fraction of sp³-hybridized carbons (Fsp3) is 0.353. The zero-order chi connectivity index (χ0) is 17.0. The van der Waals surface area contributed by atoms with Gasteiger partial charge in [-0.2, -0.15) is 0 Å². The highest BCUT2D eigenvalue weighted by Gasteiger charge is 2.22. The lowest BCUT2D eigenvalue weighted by atomic mass is 9.89. The number of rotatable bonds is 5. The molecule has 1 aromatic carbocycles. The minimum atomic E-state index is -0.589. The minimum absolute atomic E-state index is 0.332. The first-order valence-corrected chi connectivity index (χ1v) is 8.30. The number of urea groups is 1. The molecule has 0 radical (unpaired) electrons. The summed E-state index contributed by atoms with van der Waals surface area (Å²) in [4.78, 5) is 12.3. The van der Waals surface area contributed by atoms with E-state index in [4.69, 9.17) is 16.2 Å². The summed E-state index contributed by atoms with van der Waals surface area (Å²) in [5.74, 6) is 0.865. The third-order valence-corrected chi connectivity index (χ3v) is 5.11. The predicted octanol–water partition coefficient (Wildman–Crippen LogP) is 2.88. The number of benzene rings is 1. The summed E-state index contributed by atoms with van der Waals surface area (Å²) in [5, 5.41) is 3.30. The van der Waals surface area contributed by atoms with Gasteiger partial charge < -0.3 is 21.5 Å². The lowest BCUT2D eigenvalue weighted by Crippen LogP contribution is -2.28. The Morgan fingerprint density at radius 2 is 2.13 bits per heavy atom. The molecule has 2 amide bonds. The van der Waals surface area contributed by atoms with E-state index in [9.17, 15) is 4.79 Å². The van der Waals surface area contributed by atoms with Gasteiger partial charge in [-0.05, 0) is 55.5 Å². The van der Waals surface area contributed by atoms with E-state index >= 15 is 0 Å². The first kappa shape index (κ1) is 17.4. The molecule has 6 heteroatoms. The fourth-order valence-electron chi connectivity index (χ4n) is 2.74. The third-order valence-electron chi connectivity index (χ3n) is 3.87. The van der Waals surface area contributed by atoms with Crippen LogP contribution in [0.4, 0.5) is 4.79 Å². The molecule has 0 saturated carbocycles. The van der Waals surface area contributed by atoms with Gasteiger partial charge in [0.1, 0.15) is 5.75 Å². The number of hydrogen-bond acceptors (Lipinski definition) is 4. The van der Waals surface area contributed by atoms with Crippen molar-refractivity contribution in [2.45, 2.75) is 26.7 Å². The Labute approximate surface area is 141 Å². The van der Waals surface area contributed by atoms with Crippen molar-refractivity contribution in [2.75, 3.05) is 13.7 Å². The summed E-state index contributed by atoms with van der Waals surface area (Å²) >= 11 is 1.50. The average molecular weight is 333 g/mol. The number of nitrogens with two attached hydrogens (primary N) is 2.